The van der Waals surface area contributed by atoms with Crippen LogP contribution in [0.1, 0.15) is 19.4 Å². The third-order valence-electron chi connectivity index (χ3n) is 2.45. The highest BCUT2D eigenvalue weighted by Crippen LogP contribution is 2.04. The zero-order valence-corrected chi connectivity index (χ0v) is 10.8. The summed E-state index contributed by atoms with van der Waals surface area (Å²) in [6, 6.07) is 2.19. The van der Waals surface area contributed by atoms with Gasteiger partial charge in [0, 0.05) is 25.5 Å². The highest BCUT2D eigenvalue weighted by atomic mass is 32.2. The average Bonchev–Trinajstić information content (AvgIpc) is 2.66. The van der Waals surface area contributed by atoms with Crippen LogP contribution in [0.25, 0.3) is 0 Å². The van der Waals surface area contributed by atoms with Crippen molar-refractivity contribution in [3.8, 4) is 0 Å². The van der Waals surface area contributed by atoms with E-state index < -0.39 is 0 Å². The van der Waals surface area contributed by atoms with Crippen molar-refractivity contribution in [3.05, 3.63) is 24.0 Å². The zero-order chi connectivity index (χ0) is 11.1. The molecule has 1 unspecified atom stereocenters. The number of aromatic nitrogens is 1. The van der Waals surface area contributed by atoms with E-state index in [4.69, 9.17) is 0 Å². The number of nitrogens with one attached hydrogen (secondary N) is 1. The molecule has 0 aliphatic carbocycles. The van der Waals surface area contributed by atoms with Crippen LogP contribution in [0.5, 0.6) is 0 Å². The minimum atomic E-state index is 0.758. The van der Waals surface area contributed by atoms with E-state index in [0.717, 1.165) is 25.6 Å². The number of hydrogen-bond acceptors (Lipinski definition) is 2. The summed E-state index contributed by atoms with van der Waals surface area (Å²) in [6.07, 6.45) is 6.52. The van der Waals surface area contributed by atoms with Crippen molar-refractivity contribution in [3.63, 3.8) is 0 Å². The van der Waals surface area contributed by atoms with Crippen LogP contribution >= 0.6 is 11.8 Å². The number of hydrogen-bond donors (Lipinski definition) is 1. The third-order valence-corrected chi connectivity index (χ3v) is 3.35. The molecule has 1 rings (SSSR count). The van der Waals surface area contributed by atoms with Gasteiger partial charge in [-0.25, -0.2) is 0 Å². The van der Waals surface area contributed by atoms with Crippen molar-refractivity contribution in [2.75, 3.05) is 18.6 Å². The number of aryl methyl sites for hydroxylation is 1. The molecule has 0 radical (unpaired) electrons. The molecule has 15 heavy (non-hydrogen) atoms. The Hall–Kier alpha value is -0.410. The molecule has 0 spiro atoms. The lowest BCUT2D eigenvalue weighted by Crippen LogP contribution is -2.21. The molecule has 1 heterocycles. The summed E-state index contributed by atoms with van der Waals surface area (Å²) in [5.74, 6) is 2.00. The molecule has 0 amide bonds. The summed E-state index contributed by atoms with van der Waals surface area (Å²) in [7, 11) is 0. The first-order valence-corrected chi connectivity index (χ1v) is 7.00. The predicted octanol–water partition coefficient (Wildman–Crippen LogP) is 2.60. The first-order valence-electron chi connectivity index (χ1n) is 5.60. The van der Waals surface area contributed by atoms with Crippen molar-refractivity contribution in [2.45, 2.75) is 26.9 Å². The quantitative estimate of drug-likeness (QED) is 0.769. The summed E-state index contributed by atoms with van der Waals surface area (Å²) >= 11 is 1.92. The van der Waals surface area contributed by atoms with Gasteiger partial charge >= 0.3 is 0 Å². The molecule has 0 aliphatic rings. The van der Waals surface area contributed by atoms with Crippen LogP contribution in [0, 0.1) is 5.92 Å². The van der Waals surface area contributed by atoms with Crippen LogP contribution < -0.4 is 5.32 Å². The standard InChI is InChI=1S/C12H22N2S/c1-4-14-6-5-12(9-14)8-13-7-11(2)10-15-3/h5-6,9,11,13H,4,7-8,10H2,1-3H3. The zero-order valence-electron chi connectivity index (χ0n) is 9.99. The van der Waals surface area contributed by atoms with Gasteiger partial charge in [-0.2, -0.15) is 11.8 Å². The minimum Gasteiger partial charge on any atom is -0.354 e. The van der Waals surface area contributed by atoms with E-state index in [0.29, 0.717) is 0 Å². The Morgan fingerprint density at radius 1 is 1.53 bits per heavy atom. The normalized spacial score (nSPS) is 13.0. The smallest absolute Gasteiger partial charge is 0.0220 e. The van der Waals surface area contributed by atoms with Crippen LogP contribution in [-0.4, -0.2) is 23.1 Å². The van der Waals surface area contributed by atoms with Crippen LogP contribution in [0.4, 0.5) is 0 Å². The second-order valence-corrected chi connectivity index (χ2v) is 4.95. The largest absolute Gasteiger partial charge is 0.354 e. The van der Waals surface area contributed by atoms with Gasteiger partial charge in [-0.1, -0.05) is 6.92 Å². The highest BCUT2D eigenvalue weighted by molar-refractivity contribution is 7.98. The van der Waals surface area contributed by atoms with Gasteiger partial charge in [0.15, 0.2) is 0 Å². The Balaban J connectivity index is 2.19. The van der Waals surface area contributed by atoms with Crippen molar-refractivity contribution in [1.29, 1.82) is 0 Å². The summed E-state index contributed by atoms with van der Waals surface area (Å²) in [5, 5.41) is 3.50. The molecule has 0 aromatic carbocycles. The molecule has 0 aliphatic heterocycles. The monoisotopic (exact) mass is 226 g/mol. The average molecular weight is 226 g/mol. The maximum absolute atomic E-state index is 3.50. The molecule has 1 N–H and O–H groups in total. The van der Waals surface area contributed by atoms with Gasteiger partial charge in [0.05, 0.1) is 0 Å². The van der Waals surface area contributed by atoms with Crippen molar-refractivity contribution in [2.24, 2.45) is 5.92 Å². The van der Waals surface area contributed by atoms with E-state index in [-0.39, 0.29) is 0 Å². The van der Waals surface area contributed by atoms with E-state index in [2.05, 4.69) is 48.4 Å². The van der Waals surface area contributed by atoms with Crippen LogP contribution in [0.3, 0.4) is 0 Å². The third kappa shape index (κ3) is 4.76. The number of thioether (sulfide) groups is 1. The lowest BCUT2D eigenvalue weighted by Gasteiger charge is -2.10. The lowest BCUT2D eigenvalue weighted by molar-refractivity contribution is 0.559. The number of rotatable bonds is 7. The van der Waals surface area contributed by atoms with E-state index >= 15 is 0 Å². The lowest BCUT2D eigenvalue weighted by atomic mass is 10.2. The van der Waals surface area contributed by atoms with Crippen LogP contribution in [0.2, 0.25) is 0 Å². The summed E-state index contributed by atoms with van der Waals surface area (Å²) in [6.45, 7) is 7.62. The van der Waals surface area contributed by atoms with Gasteiger partial charge in [-0.3, -0.25) is 0 Å². The predicted molar refractivity (Wildman–Crippen MR) is 69.4 cm³/mol. The molecule has 0 saturated carbocycles. The Morgan fingerprint density at radius 2 is 2.33 bits per heavy atom. The molecule has 2 nitrogen and oxygen atoms in total. The first-order chi connectivity index (χ1) is 7.26. The topological polar surface area (TPSA) is 17.0 Å². The first kappa shape index (κ1) is 12.7. The summed E-state index contributed by atoms with van der Waals surface area (Å²) < 4.78 is 2.21. The Kier molecular flexibility index (Phi) is 5.88. The maximum Gasteiger partial charge on any atom is 0.0220 e. The SMILES string of the molecule is CCn1ccc(CNCC(C)CSC)c1. The fourth-order valence-corrected chi connectivity index (χ4v) is 2.29. The second kappa shape index (κ2) is 6.96. The van der Waals surface area contributed by atoms with Crippen molar-refractivity contribution < 1.29 is 0 Å². The van der Waals surface area contributed by atoms with Crippen molar-refractivity contribution >= 4 is 11.8 Å². The van der Waals surface area contributed by atoms with Gasteiger partial charge in [-0.05, 0) is 43.0 Å². The van der Waals surface area contributed by atoms with E-state index in [1.165, 1.54) is 11.3 Å². The van der Waals surface area contributed by atoms with Gasteiger partial charge in [0.1, 0.15) is 0 Å². The molecule has 0 saturated heterocycles. The molecule has 1 atom stereocenters. The molecule has 86 valence electrons. The van der Waals surface area contributed by atoms with E-state index in [1.807, 2.05) is 11.8 Å². The van der Waals surface area contributed by atoms with Crippen molar-refractivity contribution in [1.82, 2.24) is 9.88 Å². The molecule has 0 fully saturated rings. The maximum atomic E-state index is 3.50. The Morgan fingerprint density at radius 3 is 2.93 bits per heavy atom. The van der Waals surface area contributed by atoms with Crippen LogP contribution in [0.15, 0.2) is 18.5 Å². The Labute approximate surface area is 97.4 Å². The molecule has 1 aromatic rings. The fraction of sp³-hybridized carbons (Fsp3) is 0.667. The fourth-order valence-electron chi connectivity index (χ4n) is 1.60. The van der Waals surface area contributed by atoms with Gasteiger partial charge < -0.3 is 9.88 Å². The van der Waals surface area contributed by atoms with Gasteiger partial charge in [0.25, 0.3) is 0 Å². The van der Waals surface area contributed by atoms with Gasteiger partial charge in [0.2, 0.25) is 0 Å². The highest BCUT2D eigenvalue weighted by Gasteiger charge is 2.00. The molecule has 3 heteroatoms. The molecule has 1 aromatic heterocycles. The Bertz CT molecular complexity index is 270. The summed E-state index contributed by atoms with van der Waals surface area (Å²) in [5.41, 5.74) is 1.38. The van der Waals surface area contributed by atoms with E-state index in [9.17, 15) is 0 Å². The summed E-state index contributed by atoms with van der Waals surface area (Å²) in [4.78, 5) is 0. The van der Waals surface area contributed by atoms with E-state index in [1.54, 1.807) is 0 Å². The second-order valence-electron chi connectivity index (χ2n) is 4.04. The van der Waals surface area contributed by atoms with Gasteiger partial charge in [-0.15, -0.1) is 0 Å². The van der Waals surface area contributed by atoms with Crippen LogP contribution in [-0.2, 0) is 13.1 Å². The molecule has 0 bridgehead atoms. The minimum absolute atomic E-state index is 0.758. The molecular formula is C12H22N2S. The molecular weight excluding hydrogens is 204 g/mol. The number of nitrogens with zero attached hydrogens (tertiary/aromatic N) is 1.